The lowest BCUT2D eigenvalue weighted by Gasteiger charge is -2.49. The van der Waals surface area contributed by atoms with Crippen LogP contribution in [0.3, 0.4) is 0 Å². The summed E-state index contributed by atoms with van der Waals surface area (Å²) < 4.78 is 0. The van der Waals surface area contributed by atoms with Crippen molar-refractivity contribution in [3.05, 3.63) is 0 Å². The number of amides is 1. The number of piperidine rings is 1. The number of carbonyl (C=O) groups is 1. The van der Waals surface area contributed by atoms with E-state index >= 15 is 0 Å². The lowest BCUT2D eigenvalue weighted by molar-refractivity contribution is -0.122. The van der Waals surface area contributed by atoms with Crippen molar-refractivity contribution >= 4 is 17.5 Å². The maximum absolute atomic E-state index is 12.3. The van der Waals surface area contributed by atoms with Crippen molar-refractivity contribution in [1.82, 2.24) is 15.5 Å². The molecule has 1 amide bonds. The second kappa shape index (κ2) is 11.2. The number of alkyl halides is 1. The smallest absolute Gasteiger partial charge is 0.221 e. The van der Waals surface area contributed by atoms with Crippen molar-refractivity contribution in [2.45, 2.75) is 84.6 Å². The molecule has 164 valence electrons. The van der Waals surface area contributed by atoms with Gasteiger partial charge in [-0.05, 0) is 68.4 Å². The molecule has 1 saturated carbocycles. The standard InChI is InChI=1S/C23H44ClN3O/c1-6-25-13-11-22(28)26-21(17(2)3)15-27-14-12-20(23(4,5)16-27)18-7-9-19(24)10-8-18/h17-21,25H,6-16H2,1-5H3,(H,26,28)/t18?,19?,20?,21-/m0/s1. The summed E-state index contributed by atoms with van der Waals surface area (Å²) in [5.41, 5.74) is 0.332. The molecular weight excluding hydrogens is 370 g/mol. The first-order chi connectivity index (χ1) is 13.2. The van der Waals surface area contributed by atoms with Gasteiger partial charge in [0.25, 0.3) is 0 Å². The second-order valence-electron chi connectivity index (χ2n) is 10.2. The van der Waals surface area contributed by atoms with Gasteiger partial charge in [0.1, 0.15) is 0 Å². The average Bonchev–Trinajstić information content (AvgIpc) is 2.62. The molecule has 1 aliphatic carbocycles. The molecule has 2 aliphatic rings. The molecule has 1 heterocycles. The first kappa shape index (κ1) is 24.0. The summed E-state index contributed by atoms with van der Waals surface area (Å²) in [4.78, 5) is 14.9. The third kappa shape index (κ3) is 7.18. The highest BCUT2D eigenvalue weighted by Crippen LogP contribution is 2.45. The highest BCUT2D eigenvalue weighted by molar-refractivity contribution is 6.20. The van der Waals surface area contributed by atoms with Gasteiger partial charge in [-0.25, -0.2) is 0 Å². The Morgan fingerprint density at radius 3 is 2.43 bits per heavy atom. The molecule has 0 bridgehead atoms. The molecule has 2 fully saturated rings. The van der Waals surface area contributed by atoms with Crippen LogP contribution in [-0.2, 0) is 4.79 Å². The fourth-order valence-electron chi connectivity index (χ4n) is 5.35. The van der Waals surface area contributed by atoms with E-state index in [0.717, 1.165) is 44.6 Å². The van der Waals surface area contributed by atoms with Crippen LogP contribution in [0.4, 0.5) is 0 Å². The predicted octanol–water partition coefficient (Wildman–Crippen LogP) is 4.27. The Balaban J connectivity index is 1.87. The molecule has 0 aromatic rings. The van der Waals surface area contributed by atoms with E-state index < -0.39 is 0 Å². The lowest BCUT2D eigenvalue weighted by atomic mass is 9.64. The molecule has 2 atom stereocenters. The van der Waals surface area contributed by atoms with Crippen LogP contribution in [0.2, 0.25) is 0 Å². The van der Waals surface area contributed by atoms with Crippen LogP contribution in [0.25, 0.3) is 0 Å². The number of carbonyl (C=O) groups excluding carboxylic acids is 1. The zero-order valence-corrected chi connectivity index (χ0v) is 19.7. The average molecular weight is 414 g/mol. The van der Waals surface area contributed by atoms with Gasteiger partial charge >= 0.3 is 0 Å². The number of likely N-dealkylation sites (tertiary alicyclic amines) is 1. The molecule has 1 aliphatic heterocycles. The predicted molar refractivity (Wildman–Crippen MR) is 120 cm³/mol. The third-order valence-corrected chi connectivity index (χ3v) is 7.48. The van der Waals surface area contributed by atoms with Gasteiger partial charge in [0.2, 0.25) is 5.91 Å². The molecular formula is C23H44ClN3O. The van der Waals surface area contributed by atoms with Gasteiger partial charge in [-0.2, -0.15) is 0 Å². The van der Waals surface area contributed by atoms with Crippen LogP contribution in [0, 0.1) is 23.2 Å². The molecule has 0 spiro atoms. The van der Waals surface area contributed by atoms with E-state index in [1.807, 2.05) is 0 Å². The Labute approximate surface area is 178 Å². The highest BCUT2D eigenvalue weighted by Gasteiger charge is 2.41. The first-order valence-corrected chi connectivity index (χ1v) is 12.0. The molecule has 1 saturated heterocycles. The van der Waals surface area contributed by atoms with Crippen LogP contribution in [0.5, 0.6) is 0 Å². The summed E-state index contributed by atoms with van der Waals surface area (Å²) in [6.45, 7) is 16.4. The van der Waals surface area contributed by atoms with E-state index in [1.165, 1.54) is 32.1 Å². The maximum atomic E-state index is 12.3. The second-order valence-corrected chi connectivity index (χ2v) is 10.8. The first-order valence-electron chi connectivity index (χ1n) is 11.6. The van der Waals surface area contributed by atoms with E-state index in [9.17, 15) is 4.79 Å². The van der Waals surface area contributed by atoms with Crippen molar-refractivity contribution in [1.29, 1.82) is 0 Å². The lowest BCUT2D eigenvalue weighted by Crippen LogP contribution is -2.54. The largest absolute Gasteiger partial charge is 0.352 e. The molecule has 5 heteroatoms. The zero-order chi connectivity index (χ0) is 20.7. The van der Waals surface area contributed by atoms with E-state index in [1.54, 1.807) is 0 Å². The van der Waals surface area contributed by atoms with Crippen LogP contribution < -0.4 is 10.6 Å². The molecule has 2 N–H and O–H groups in total. The van der Waals surface area contributed by atoms with Crippen molar-refractivity contribution in [3.63, 3.8) is 0 Å². The van der Waals surface area contributed by atoms with Crippen molar-refractivity contribution in [2.75, 3.05) is 32.7 Å². The van der Waals surface area contributed by atoms with Gasteiger partial charge in [0, 0.05) is 37.5 Å². The van der Waals surface area contributed by atoms with Gasteiger partial charge in [-0.3, -0.25) is 4.79 Å². The van der Waals surface area contributed by atoms with Gasteiger partial charge < -0.3 is 15.5 Å². The SMILES string of the molecule is CCNCCC(=O)N[C@@H](CN1CCC(C2CCC(Cl)CC2)C(C)(C)C1)C(C)C. The van der Waals surface area contributed by atoms with Gasteiger partial charge in [0.15, 0.2) is 0 Å². The van der Waals surface area contributed by atoms with E-state index in [-0.39, 0.29) is 11.9 Å². The molecule has 0 aromatic carbocycles. The Bertz CT molecular complexity index is 474. The van der Waals surface area contributed by atoms with E-state index in [2.05, 4.69) is 50.2 Å². The van der Waals surface area contributed by atoms with Crippen molar-refractivity contribution < 1.29 is 4.79 Å². The fraction of sp³-hybridized carbons (Fsp3) is 0.957. The number of halogens is 1. The summed E-state index contributed by atoms with van der Waals surface area (Å²) in [5.74, 6) is 2.27. The number of nitrogens with one attached hydrogen (secondary N) is 2. The van der Waals surface area contributed by atoms with E-state index in [0.29, 0.717) is 23.1 Å². The number of nitrogens with zero attached hydrogens (tertiary/aromatic N) is 1. The maximum Gasteiger partial charge on any atom is 0.221 e. The van der Waals surface area contributed by atoms with Gasteiger partial charge in [-0.15, -0.1) is 11.6 Å². The molecule has 28 heavy (non-hydrogen) atoms. The molecule has 1 unspecified atom stereocenters. The number of hydrogen-bond acceptors (Lipinski definition) is 3. The van der Waals surface area contributed by atoms with Crippen LogP contribution in [-0.4, -0.2) is 54.9 Å². The molecule has 2 rings (SSSR count). The molecule has 4 nitrogen and oxygen atoms in total. The fourth-order valence-corrected chi connectivity index (χ4v) is 5.61. The van der Waals surface area contributed by atoms with Crippen LogP contribution in [0.1, 0.15) is 73.1 Å². The van der Waals surface area contributed by atoms with E-state index in [4.69, 9.17) is 11.6 Å². The van der Waals surface area contributed by atoms with Crippen molar-refractivity contribution in [2.24, 2.45) is 23.2 Å². The topological polar surface area (TPSA) is 44.4 Å². The Morgan fingerprint density at radius 2 is 1.86 bits per heavy atom. The minimum absolute atomic E-state index is 0.173. The minimum atomic E-state index is 0.173. The highest BCUT2D eigenvalue weighted by atomic mass is 35.5. The minimum Gasteiger partial charge on any atom is -0.352 e. The van der Waals surface area contributed by atoms with Crippen LogP contribution in [0.15, 0.2) is 0 Å². The monoisotopic (exact) mass is 413 g/mol. The summed E-state index contributed by atoms with van der Waals surface area (Å²) >= 11 is 6.34. The van der Waals surface area contributed by atoms with Gasteiger partial charge in [-0.1, -0.05) is 34.6 Å². The quantitative estimate of drug-likeness (QED) is 0.438. The zero-order valence-electron chi connectivity index (χ0n) is 18.9. The summed E-state index contributed by atoms with van der Waals surface area (Å²) in [6, 6.07) is 0.230. The number of rotatable bonds is 9. The summed E-state index contributed by atoms with van der Waals surface area (Å²) in [6.07, 6.45) is 6.84. The normalized spacial score (nSPS) is 29.6. The summed E-state index contributed by atoms with van der Waals surface area (Å²) in [5, 5.41) is 6.93. The molecule has 0 radical (unpaired) electrons. The summed E-state index contributed by atoms with van der Waals surface area (Å²) in [7, 11) is 0. The van der Waals surface area contributed by atoms with Crippen LogP contribution >= 0.6 is 11.6 Å². The van der Waals surface area contributed by atoms with Gasteiger partial charge in [0.05, 0.1) is 0 Å². The number of hydrogen-bond donors (Lipinski definition) is 2. The third-order valence-electron chi connectivity index (χ3n) is 7.05. The molecule has 0 aromatic heterocycles. The van der Waals surface area contributed by atoms with Crippen molar-refractivity contribution in [3.8, 4) is 0 Å². The Hall–Kier alpha value is -0.320. The Morgan fingerprint density at radius 1 is 1.18 bits per heavy atom. The Kier molecular flexibility index (Phi) is 9.56.